The first-order valence-corrected chi connectivity index (χ1v) is 4.11. The first-order valence-electron chi connectivity index (χ1n) is 4.11. The van der Waals surface area contributed by atoms with Crippen LogP contribution < -0.4 is 5.43 Å². The van der Waals surface area contributed by atoms with E-state index in [1.54, 1.807) is 6.92 Å². The Morgan fingerprint density at radius 1 is 1.67 bits per heavy atom. The van der Waals surface area contributed by atoms with Gasteiger partial charge in [-0.05, 0) is 6.92 Å². The maximum Gasteiger partial charge on any atom is 0.362 e. The van der Waals surface area contributed by atoms with Gasteiger partial charge in [0.2, 0.25) is 5.69 Å². The SMILES string of the molecule is CCOC(=O)c1[nH]ccc(=O)c1[N+](=O)[O-]. The Labute approximate surface area is 83.8 Å². The summed E-state index contributed by atoms with van der Waals surface area (Å²) in [7, 11) is 0. The molecular weight excluding hydrogens is 204 g/mol. The van der Waals surface area contributed by atoms with Crippen molar-refractivity contribution in [1.29, 1.82) is 0 Å². The Balaban J connectivity index is 3.29. The van der Waals surface area contributed by atoms with Gasteiger partial charge in [-0.3, -0.25) is 14.9 Å². The number of rotatable bonds is 3. The Morgan fingerprint density at radius 2 is 2.33 bits per heavy atom. The van der Waals surface area contributed by atoms with Crippen molar-refractivity contribution in [3.05, 3.63) is 38.3 Å². The fourth-order valence-electron chi connectivity index (χ4n) is 1.01. The van der Waals surface area contributed by atoms with Crippen LogP contribution in [-0.4, -0.2) is 22.5 Å². The molecule has 15 heavy (non-hydrogen) atoms. The number of carbonyl (C=O) groups excluding carboxylic acids is 1. The molecule has 1 heterocycles. The Kier molecular flexibility index (Phi) is 3.17. The zero-order chi connectivity index (χ0) is 11.4. The van der Waals surface area contributed by atoms with Crippen LogP contribution in [0.15, 0.2) is 17.1 Å². The van der Waals surface area contributed by atoms with E-state index in [9.17, 15) is 19.7 Å². The largest absolute Gasteiger partial charge is 0.461 e. The molecule has 0 radical (unpaired) electrons. The van der Waals surface area contributed by atoms with Crippen LogP contribution >= 0.6 is 0 Å². The summed E-state index contributed by atoms with van der Waals surface area (Å²) in [5.74, 6) is -0.915. The average Bonchev–Trinajstić information content (AvgIpc) is 2.17. The molecule has 7 nitrogen and oxygen atoms in total. The van der Waals surface area contributed by atoms with Crippen molar-refractivity contribution >= 4 is 11.7 Å². The standard InChI is InChI=1S/C8H8N2O5/c1-2-15-8(12)6-7(10(13)14)5(11)3-4-9-6/h3-4H,2H2,1H3,(H,9,11). The lowest BCUT2D eigenvalue weighted by Gasteiger charge is -2.01. The van der Waals surface area contributed by atoms with E-state index in [1.807, 2.05) is 0 Å². The molecular formula is C8H8N2O5. The first kappa shape index (κ1) is 10.9. The lowest BCUT2D eigenvalue weighted by molar-refractivity contribution is -0.386. The van der Waals surface area contributed by atoms with Gasteiger partial charge in [-0.15, -0.1) is 0 Å². The quantitative estimate of drug-likeness (QED) is 0.445. The van der Waals surface area contributed by atoms with Gasteiger partial charge in [-0.2, -0.15) is 0 Å². The molecule has 1 aromatic heterocycles. The summed E-state index contributed by atoms with van der Waals surface area (Å²) >= 11 is 0. The van der Waals surface area contributed by atoms with E-state index in [4.69, 9.17) is 0 Å². The fourth-order valence-corrected chi connectivity index (χ4v) is 1.01. The summed E-state index contributed by atoms with van der Waals surface area (Å²) in [5.41, 5.74) is -2.06. The van der Waals surface area contributed by atoms with Gasteiger partial charge in [0.1, 0.15) is 0 Å². The molecule has 0 spiro atoms. The van der Waals surface area contributed by atoms with E-state index in [1.165, 1.54) is 0 Å². The van der Waals surface area contributed by atoms with Crippen LogP contribution in [0.4, 0.5) is 5.69 Å². The van der Waals surface area contributed by atoms with Gasteiger partial charge in [-0.25, -0.2) is 4.79 Å². The third-order valence-electron chi connectivity index (χ3n) is 1.59. The van der Waals surface area contributed by atoms with Crippen molar-refractivity contribution < 1.29 is 14.5 Å². The molecule has 1 rings (SSSR count). The predicted molar refractivity (Wildman–Crippen MR) is 49.7 cm³/mol. The van der Waals surface area contributed by atoms with E-state index in [0.717, 1.165) is 12.3 Å². The minimum atomic E-state index is -0.915. The lowest BCUT2D eigenvalue weighted by atomic mass is 10.3. The van der Waals surface area contributed by atoms with Crippen molar-refractivity contribution in [3.8, 4) is 0 Å². The molecule has 0 bridgehead atoms. The normalized spacial score (nSPS) is 9.67. The van der Waals surface area contributed by atoms with Gasteiger partial charge in [-0.1, -0.05) is 0 Å². The second-order valence-corrected chi connectivity index (χ2v) is 2.54. The van der Waals surface area contributed by atoms with Crippen molar-refractivity contribution in [1.82, 2.24) is 4.98 Å². The number of nitrogens with one attached hydrogen (secondary N) is 1. The molecule has 0 fully saturated rings. The summed E-state index contributed by atoms with van der Waals surface area (Å²) in [5, 5.41) is 10.5. The number of pyridine rings is 1. The van der Waals surface area contributed by atoms with Crippen molar-refractivity contribution in [2.75, 3.05) is 6.61 Å². The Hall–Kier alpha value is -2.18. The molecule has 7 heteroatoms. The first-order chi connectivity index (χ1) is 7.07. The highest BCUT2D eigenvalue weighted by Crippen LogP contribution is 2.10. The number of carbonyl (C=O) groups is 1. The Bertz CT molecular complexity index is 451. The number of esters is 1. The zero-order valence-corrected chi connectivity index (χ0v) is 7.85. The van der Waals surface area contributed by atoms with E-state index in [2.05, 4.69) is 9.72 Å². The van der Waals surface area contributed by atoms with Gasteiger partial charge in [0.15, 0.2) is 0 Å². The van der Waals surface area contributed by atoms with E-state index >= 15 is 0 Å². The topological polar surface area (TPSA) is 102 Å². The van der Waals surface area contributed by atoms with Gasteiger partial charge in [0.25, 0.3) is 5.43 Å². The summed E-state index contributed by atoms with van der Waals surface area (Å²) in [4.78, 5) is 34.3. The molecule has 0 unspecified atom stereocenters. The van der Waals surface area contributed by atoms with Crippen LogP contribution in [0.5, 0.6) is 0 Å². The predicted octanol–water partition coefficient (Wildman–Crippen LogP) is 0.460. The van der Waals surface area contributed by atoms with E-state index < -0.39 is 27.7 Å². The molecule has 0 aliphatic carbocycles. The minimum Gasteiger partial charge on any atom is -0.461 e. The summed E-state index contributed by atoms with van der Waals surface area (Å²) in [6.45, 7) is 1.64. The number of ether oxygens (including phenoxy) is 1. The molecule has 0 amide bonds. The maximum absolute atomic E-state index is 11.2. The van der Waals surface area contributed by atoms with Crippen LogP contribution in [-0.2, 0) is 4.74 Å². The number of hydrogen-bond donors (Lipinski definition) is 1. The molecule has 0 aromatic carbocycles. The highest BCUT2D eigenvalue weighted by atomic mass is 16.6. The van der Waals surface area contributed by atoms with Crippen LogP contribution in [0, 0.1) is 10.1 Å². The van der Waals surface area contributed by atoms with Gasteiger partial charge >= 0.3 is 11.7 Å². The molecule has 0 saturated carbocycles. The molecule has 80 valence electrons. The fraction of sp³-hybridized carbons (Fsp3) is 0.250. The van der Waals surface area contributed by atoms with Gasteiger partial charge < -0.3 is 9.72 Å². The number of hydrogen-bond acceptors (Lipinski definition) is 5. The molecule has 1 N–H and O–H groups in total. The van der Waals surface area contributed by atoms with E-state index in [0.29, 0.717) is 0 Å². The molecule has 1 aromatic rings. The van der Waals surface area contributed by atoms with Crippen molar-refractivity contribution in [2.24, 2.45) is 0 Å². The zero-order valence-electron chi connectivity index (χ0n) is 7.85. The monoisotopic (exact) mass is 212 g/mol. The Morgan fingerprint density at radius 3 is 2.87 bits per heavy atom. The smallest absolute Gasteiger partial charge is 0.362 e. The van der Waals surface area contributed by atoms with Crippen LogP contribution in [0.3, 0.4) is 0 Å². The number of nitrogens with zero attached hydrogens (tertiary/aromatic N) is 1. The maximum atomic E-state index is 11.2. The number of H-pyrrole nitrogens is 1. The highest BCUT2D eigenvalue weighted by molar-refractivity contribution is 5.91. The lowest BCUT2D eigenvalue weighted by Crippen LogP contribution is -2.17. The van der Waals surface area contributed by atoms with Crippen molar-refractivity contribution in [3.63, 3.8) is 0 Å². The number of aromatic nitrogens is 1. The minimum absolute atomic E-state index is 0.0763. The van der Waals surface area contributed by atoms with Crippen LogP contribution in [0.1, 0.15) is 17.4 Å². The summed E-state index contributed by atoms with van der Waals surface area (Å²) < 4.78 is 4.56. The molecule has 0 atom stereocenters. The second kappa shape index (κ2) is 4.36. The summed E-state index contributed by atoms with van der Waals surface area (Å²) in [6.07, 6.45) is 1.15. The molecule has 0 aliphatic rings. The van der Waals surface area contributed by atoms with Crippen molar-refractivity contribution in [2.45, 2.75) is 6.92 Å². The van der Waals surface area contributed by atoms with Crippen LogP contribution in [0.2, 0.25) is 0 Å². The van der Waals surface area contributed by atoms with Gasteiger partial charge in [0.05, 0.1) is 11.5 Å². The van der Waals surface area contributed by atoms with Crippen LogP contribution in [0.25, 0.3) is 0 Å². The second-order valence-electron chi connectivity index (χ2n) is 2.54. The number of aromatic amines is 1. The average molecular weight is 212 g/mol. The summed E-state index contributed by atoms with van der Waals surface area (Å²) in [6, 6.07) is 0.973. The van der Waals surface area contributed by atoms with Gasteiger partial charge in [0, 0.05) is 12.3 Å². The van der Waals surface area contributed by atoms with E-state index in [-0.39, 0.29) is 6.61 Å². The molecule has 0 aliphatic heterocycles. The molecule has 0 saturated heterocycles. The third kappa shape index (κ3) is 2.19. The number of nitro groups is 1. The third-order valence-corrected chi connectivity index (χ3v) is 1.59. The highest BCUT2D eigenvalue weighted by Gasteiger charge is 2.25.